The van der Waals surface area contributed by atoms with Gasteiger partial charge in [0.2, 0.25) is 5.91 Å². The highest BCUT2D eigenvalue weighted by molar-refractivity contribution is 6.31. The van der Waals surface area contributed by atoms with Crippen molar-refractivity contribution in [1.82, 2.24) is 15.3 Å². The van der Waals surface area contributed by atoms with Crippen molar-refractivity contribution in [2.45, 2.75) is 13.3 Å². The average molecular weight is 348 g/mol. The number of rotatable bonds is 7. The summed E-state index contributed by atoms with van der Waals surface area (Å²) in [5, 5.41) is 6.67. The molecule has 0 spiro atoms. The van der Waals surface area contributed by atoms with Gasteiger partial charge in [-0.05, 0) is 18.6 Å². The molecule has 2 aromatic rings. The van der Waals surface area contributed by atoms with Crippen LogP contribution in [0.15, 0.2) is 30.3 Å². The van der Waals surface area contributed by atoms with Crippen LogP contribution in [0.2, 0.25) is 5.02 Å². The molecule has 0 fully saturated rings. The summed E-state index contributed by atoms with van der Waals surface area (Å²) in [4.78, 5) is 22.5. The molecule has 1 heterocycles. The lowest BCUT2D eigenvalue weighted by atomic mass is 10.1. The second-order valence-corrected chi connectivity index (χ2v) is 6.01. The molecule has 0 radical (unpaired) electrons. The minimum Gasteiger partial charge on any atom is -0.368 e. The highest BCUT2D eigenvalue weighted by Crippen LogP contribution is 2.15. The van der Waals surface area contributed by atoms with Crippen molar-refractivity contribution in [3.63, 3.8) is 0 Å². The number of nitrogens with zero attached hydrogens (tertiary/aromatic N) is 3. The van der Waals surface area contributed by atoms with E-state index < -0.39 is 0 Å². The van der Waals surface area contributed by atoms with Gasteiger partial charge in [0.1, 0.15) is 17.5 Å². The summed E-state index contributed by atoms with van der Waals surface area (Å²) in [7, 11) is 3.86. The van der Waals surface area contributed by atoms with Crippen LogP contribution in [0.5, 0.6) is 0 Å². The van der Waals surface area contributed by atoms with E-state index in [1.807, 2.05) is 50.2 Å². The third kappa shape index (κ3) is 5.38. The maximum absolute atomic E-state index is 11.9. The summed E-state index contributed by atoms with van der Waals surface area (Å²) < 4.78 is 0. The first kappa shape index (κ1) is 18.0. The summed E-state index contributed by atoms with van der Waals surface area (Å²) in [6.07, 6.45) is 0.275. The molecule has 1 amide bonds. The van der Waals surface area contributed by atoms with Gasteiger partial charge in [-0.2, -0.15) is 0 Å². The highest BCUT2D eigenvalue weighted by atomic mass is 35.5. The largest absolute Gasteiger partial charge is 0.368 e. The minimum absolute atomic E-state index is 0.0576. The Morgan fingerprint density at radius 2 is 1.96 bits per heavy atom. The molecule has 0 bridgehead atoms. The summed E-state index contributed by atoms with van der Waals surface area (Å²) in [6, 6.07) is 9.23. The zero-order chi connectivity index (χ0) is 17.5. The molecule has 2 rings (SSSR count). The molecule has 128 valence electrons. The minimum atomic E-state index is -0.0576. The molecule has 6 nitrogen and oxygen atoms in total. The van der Waals surface area contributed by atoms with Crippen molar-refractivity contribution in [2.24, 2.45) is 0 Å². The first-order chi connectivity index (χ1) is 11.5. The molecule has 0 saturated heterocycles. The molecule has 7 heteroatoms. The molecular weight excluding hydrogens is 326 g/mol. The molecule has 1 aromatic heterocycles. The van der Waals surface area contributed by atoms with Gasteiger partial charge < -0.3 is 15.5 Å². The van der Waals surface area contributed by atoms with Crippen LogP contribution in [0.1, 0.15) is 11.4 Å². The van der Waals surface area contributed by atoms with Crippen LogP contribution >= 0.6 is 11.6 Å². The number of aryl methyl sites for hydroxylation is 1. The Morgan fingerprint density at radius 1 is 1.21 bits per heavy atom. The Kier molecular flexibility index (Phi) is 6.37. The van der Waals surface area contributed by atoms with E-state index >= 15 is 0 Å². The fourth-order valence-electron chi connectivity index (χ4n) is 2.14. The smallest absolute Gasteiger partial charge is 0.224 e. The van der Waals surface area contributed by atoms with Gasteiger partial charge in [-0.15, -0.1) is 0 Å². The van der Waals surface area contributed by atoms with E-state index in [0.717, 1.165) is 17.2 Å². The second kappa shape index (κ2) is 8.49. The van der Waals surface area contributed by atoms with Gasteiger partial charge in [0.15, 0.2) is 0 Å². The zero-order valence-corrected chi connectivity index (χ0v) is 14.9. The van der Waals surface area contributed by atoms with Crippen LogP contribution in [0.25, 0.3) is 0 Å². The SMILES string of the molecule is Cc1nc(NCCNC(=O)Cc2ccccc2Cl)cc(N(C)C)n1. The number of anilines is 2. The van der Waals surface area contributed by atoms with Crippen molar-refractivity contribution in [1.29, 1.82) is 0 Å². The predicted molar refractivity (Wildman–Crippen MR) is 97.8 cm³/mol. The lowest BCUT2D eigenvalue weighted by molar-refractivity contribution is -0.120. The first-order valence-corrected chi connectivity index (χ1v) is 8.10. The van der Waals surface area contributed by atoms with E-state index in [1.54, 1.807) is 6.07 Å². The van der Waals surface area contributed by atoms with Crippen molar-refractivity contribution in [2.75, 3.05) is 37.4 Å². The van der Waals surface area contributed by atoms with Crippen molar-refractivity contribution in [3.05, 3.63) is 46.7 Å². The van der Waals surface area contributed by atoms with Crippen LogP contribution in [-0.4, -0.2) is 43.1 Å². The standard InChI is InChI=1S/C17H22ClN5O/c1-12-21-15(11-16(22-12)23(2)3)19-8-9-20-17(24)10-13-6-4-5-7-14(13)18/h4-7,11H,8-10H2,1-3H3,(H,20,24)(H,19,21,22). The number of carbonyl (C=O) groups excluding carboxylic acids is 1. The topological polar surface area (TPSA) is 70.2 Å². The number of carbonyl (C=O) groups is 1. The molecule has 0 unspecified atom stereocenters. The molecule has 0 aliphatic carbocycles. The Labute approximate surface area is 147 Å². The lowest BCUT2D eigenvalue weighted by Crippen LogP contribution is -2.30. The van der Waals surface area contributed by atoms with Crippen molar-refractivity contribution >= 4 is 29.1 Å². The summed E-state index contributed by atoms with van der Waals surface area (Å²) in [5.41, 5.74) is 0.826. The maximum Gasteiger partial charge on any atom is 0.224 e. The van der Waals surface area contributed by atoms with Gasteiger partial charge in [0.05, 0.1) is 6.42 Å². The molecular formula is C17H22ClN5O. The fourth-order valence-corrected chi connectivity index (χ4v) is 2.34. The highest BCUT2D eigenvalue weighted by Gasteiger charge is 2.06. The fraction of sp³-hybridized carbons (Fsp3) is 0.353. The number of amides is 1. The summed E-state index contributed by atoms with van der Waals surface area (Å²) in [6.45, 7) is 2.94. The zero-order valence-electron chi connectivity index (χ0n) is 14.1. The summed E-state index contributed by atoms with van der Waals surface area (Å²) >= 11 is 6.05. The third-order valence-electron chi connectivity index (χ3n) is 3.34. The Bertz CT molecular complexity index is 705. The van der Waals surface area contributed by atoms with Gasteiger partial charge in [0, 0.05) is 38.3 Å². The molecule has 24 heavy (non-hydrogen) atoms. The number of nitrogens with one attached hydrogen (secondary N) is 2. The van der Waals surface area contributed by atoms with Crippen LogP contribution in [0.4, 0.5) is 11.6 Å². The van der Waals surface area contributed by atoms with E-state index in [-0.39, 0.29) is 12.3 Å². The van der Waals surface area contributed by atoms with Crippen molar-refractivity contribution < 1.29 is 4.79 Å². The Morgan fingerprint density at radius 3 is 2.67 bits per heavy atom. The Balaban J connectivity index is 1.79. The van der Waals surface area contributed by atoms with Gasteiger partial charge >= 0.3 is 0 Å². The number of hydrogen-bond donors (Lipinski definition) is 2. The molecule has 1 aromatic carbocycles. The number of hydrogen-bond acceptors (Lipinski definition) is 5. The number of aromatic nitrogens is 2. The predicted octanol–water partition coefficient (Wildman–Crippen LogP) is 2.28. The molecule has 0 aliphatic heterocycles. The van der Waals surface area contributed by atoms with Gasteiger partial charge in [-0.1, -0.05) is 29.8 Å². The van der Waals surface area contributed by atoms with E-state index in [2.05, 4.69) is 20.6 Å². The monoisotopic (exact) mass is 347 g/mol. The molecule has 0 aliphatic rings. The first-order valence-electron chi connectivity index (χ1n) is 7.72. The second-order valence-electron chi connectivity index (χ2n) is 5.60. The average Bonchev–Trinajstić information content (AvgIpc) is 2.53. The van der Waals surface area contributed by atoms with E-state index in [1.165, 1.54) is 0 Å². The normalized spacial score (nSPS) is 10.3. The van der Waals surface area contributed by atoms with Gasteiger partial charge in [-0.25, -0.2) is 9.97 Å². The summed E-state index contributed by atoms with van der Waals surface area (Å²) in [5.74, 6) is 2.23. The van der Waals surface area contributed by atoms with E-state index in [9.17, 15) is 4.79 Å². The van der Waals surface area contributed by atoms with Crippen LogP contribution < -0.4 is 15.5 Å². The van der Waals surface area contributed by atoms with Crippen LogP contribution in [0, 0.1) is 6.92 Å². The lowest BCUT2D eigenvalue weighted by Gasteiger charge is -2.14. The van der Waals surface area contributed by atoms with E-state index in [0.29, 0.717) is 23.9 Å². The molecule has 2 N–H and O–H groups in total. The van der Waals surface area contributed by atoms with E-state index in [4.69, 9.17) is 11.6 Å². The van der Waals surface area contributed by atoms with Gasteiger partial charge in [-0.3, -0.25) is 4.79 Å². The quantitative estimate of drug-likeness (QED) is 0.752. The van der Waals surface area contributed by atoms with Crippen molar-refractivity contribution in [3.8, 4) is 0 Å². The van der Waals surface area contributed by atoms with Crippen LogP contribution in [-0.2, 0) is 11.2 Å². The van der Waals surface area contributed by atoms with Crippen LogP contribution in [0.3, 0.4) is 0 Å². The number of benzene rings is 1. The maximum atomic E-state index is 11.9. The number of halogens is 1. The Hall–Kier alpha value is -2.34. The molecule has 0 saturated carbocycles. The third-order valence-corrected chi connectivity index (χ3v) is 3.71. The van der Waals surface area contributed by atoms with Gasteiger partial charge in [0.25, 0.3) is 0 Å². The molecule has 0 atom stereocenters.